The Morgan fingerprint density at radius 2 is 2.10 bits per heavy atom. The van der Waals surface area contributed by atoms with Crippen LogP contribution in [0.4, 0.5) is 10.5 Å². The monoisotopic (exact) mass is 448 g/mol. The number of nitro groups is 1. The van der Waals surface area contributed by atoms with Gasteiger partial charge >= 0.3 is 6.09 Å². The maximum absolute atomic E-state index is 13.3. The van der Waals surface area contributed by atoms with E-state index in [2.05, 4.69) is 0 Å². The molecule has 0 bridgehead atoms. The van der Waals surface area contributed by atoms with E-state index in [1.54, 1.807) is 25.1 Å². The van der Waals surface area contributed by atoms with E-state index in [1.807, 2.05) is 24.4 Å². The molecule has 1 aliphatic rings. The Morgan fingerprint density at radius 1 is 1.37 bits per heavy atom. The normalized spacial score (nSPS) is 16.8. The molecule has 0 radical (unpaired) electrons. The molecule has 158 valence electrons. The van der Waals surface area contributed by atoms with Crippen LogP contribution in [0, 0.1) is 16.0 Å². The molecule has 1 aromatic carbocycles. The molecule has 0 fully saturated rings. The predicted molar refractivity (Wildman–Crippen MR) is 117 cm³/mol. The van der Waals surface area contributed by atoms with Gasteiger partial charge in [-0.05, 0) is 48.9 Å². The fourth-order valence-electron chi connectivity index (χ4n) is 4.05. The predicted octanol–water partition coefficient (Wildman–Crippen LogP) is 5.37. The van der Waals surface area contributed by atoms with Crippen molar-refractivity contribution in [1.82, 2.24) is 0 Å². The van der Waals surface area contributed by atoms with Gasteiger partial charge in [-0.15, -0.1) is 11.3 Å². The van der Waals surface area contributed by atoms with Crippen LogP contribution in [0.3, 0.4) is 0 Å². The minimum Gasteiger partial charge on any atom is -0.452 e. The Balaban J connectivity index is 2.17. The van der Waals surface area contributed by atoms with Crippen LogP contribution < -0.4 is 4.90 Å². The zero-order chi connectivity index (χ0) is 22.0. The number of allylic oxidation sites excluding steroid dienone is 1. The lowest BCUT2D eigenvalue weighted by Crippen LogP contribution is -2.33. The highest BCUT2D eigenvalue weighted by atomic mass is 35.5. The Hall–Kier alpha value is -2.71. The van der Waals surface area contributed by atoms with Gasteiger partial charge in [0.05, 0.1) is 18.7 Å². The summed E-state index contributed by atoms with van der Waals surface area (Å²) in [6, 6.07) is 8.57. The molecule has 0 saturated carbocycles. The lowest BCUT2D eigenvalue weighted by Gasteiger charge is -2.25. The molecular formula is C21H21ClN2O5S. The van der Waals surface area contributed by atoms with E-state index in [-0.39, 0.29) is 23.3 Å². The smallest absolute Gasteiger partial charge is 0.421 e. The second-order valence-electron chi connectivity index (χ2n) is 6.98. The average molecular weight is 449 g/mol. The molecule has 0 spiro atoms. The van der Waals surface area contributed by atoms with Crippen molar-refractivity contribution >= 4 is 46.2 Å². The lowest BCUT2D eigenvalue weighted by molar-refractivity contribution is -0.484. The molecule has 0 unspecified atom stereocenters. The summed E-state index contributed by atoms with van der Waals surface area (Å²) in [5.41, 5.74) is 1.95. The highest BCUT2D eigenvalue weighted by molar-refractivity contribution is 7.10. The number of hydrogen-bond acceptors (Lipinski definition) is 6. The summed E-state index contributed by atoms with van der Waals surface area (Å²) in [6.45, 7) is 3.49. The summed E-state index contributed by atoms with van der Waals surface area (Å²) < 4.78 is 4.79. The molecule has 30 heavy (non-hydrogen) atoms. The van der Waals surface area contributed by atoms with Crippen LogP contribution in [-0.2, 0) is 9.53 Å². The SMILES string of the molecule is CC[C@@H](/C(C)=C1\C(=O)N(C(=O)OC)c2ccc(Cl)cc21)[C@H](C[N+](=O)[O-])c1cccs1. The number of halogens is 1. The second-order valence-corrected chi connectivity index (χ2v) is 8.40. The van der Waals surface area contributed by atoms with Gasteiger partial charge in [-0.2, -0.15) is 0 Å². The van der Waals surface area contributed by atoms with Gasteiger partial charge in [0.25, 0.3) is 5.91 Å². The van der Waals surface area contributed by atoms with Gasteiger partial charge in [-0.1, -0.05) is 30.2 Å². The summed E-state index contributed by atoms with van der Waals surface area (Å²) in [5.74, 6) is -1.17. The Morgan fingerprint density at radius 3 is 2.67 bits per heavy atom. The van der Waals surface area contributed by atoms with Gasteiger partial charge in [0.2, 0.25) is 6.54 Å². The largest absolute Gasteiger partial charge is 0.452 e. The van der Waals surface area contributed by atoms with E-state index < -0.39 is 12.0 Å². The fraction of sp³-hybridized carbons (Fsp3) is 0.333. The first-order valence-corrected chi connectivity index (χ1v) is 10.6. The number of methoxy groups -OCH3 is 1. The van der Waals surface area contributed by atoms with Gasteiger partial charge in [0.1, 0.15) is 0 Å². The maximum Gasteiger partial charge on any atom is 0.421 e. The summed E-state index contributed by atoms with van der Waals surface area (Å²) in [5, 5.41) is 13.7. The van der Waals surface area contributed by atoms with Crippen LogP contribution in [0.15, 0.2) is 41.3 Å². The van der Waals surface area contributed by atoms with E-state index in [1.165, 1.54) is 18.4 Å². The molecule has 2 aromatic rings. The molecule has 1 aliphatic heterocycles. The Labute approximate surface area is 183 Å². The van der Waals surface area contributed by atoms with Crippen molar-refractivity contribution in [1.29, 1.82) is 0 Å². The van der Waals surface area contributed by atoms with Crippen molar-refractivity contribution in [3.8, 4) is 0 Å². The average Bonchev–Trinajstić information content (AvgIpc) is 3.32. The standard InChI is InChI=1S/C21H21ClN2O5S/c1-4-14(16(11-23(27)28)18-6-5-9-30-18)12(2)19-15-10-13(22)7-8-17(15)24(20(19)25)21(26)29-3/h5-10,14,16H,4,11H2,1-3H3/b19-12-/t14-,16-/m0/s1. The van der Waals surface area contributed by atoms with Crippen LogP contribution >= 0.6 is 22.9 Å². The van der Waals surface area contributed by atoms with Gasteiger partial charge in [-0.3, -0.25) is 14.9 Å². The molecule has 7 nitrogen and oxygen atoms in total. The van der Waals surface area contributed by atoms with E-state index in [9.17, 15) is 19.7 Å². The first kappa shape index (κ1) is 22.0. The molecule has 2 atom stereocenters. The summed E-state index contributed by atoms with van der Waals surface area (Å²) in [6.07, 6.45) is -0.202. The minimum absolute atomic E-state index is 0.249. The number of thiophene rings is 1. The number of carbonyl (C=O) groups is 2. The van der Waals surface area contributed by atoms with Crippen LogP contribution in [0.2, 0.25) is 5.02 Å². The summed E-state index contributed by atoms with van der Waals surface area (Å²) in [7, 11) is 1.21. The number of rotatable bonds is 6. The van der Waals surface area contributed by atoms with E-state index >= 15 is 0 Å². The summed E-state index contributed by atoms with van der Waals surface area (Å²) in [4.78, 5) is 38.5. The number of anilines is 1. The van der Waals surface area contributed by atoms with Crippen molar-refractivity contribution in [2.75, 3.05) is 18.6 Å². The molecule has 0 N–H and O–H groups in total. The molecular weight excluding hydrogens is 428 g/mol. The van der Waals surface area contributed by atoms with Crippen molar-refractivity contribution < 1.29 is 19.2 Å². The van der Waals surface area contributed by atoms with Crippen LogP contribution in [0.1, 0.15) is 36.6 Å². The Kier molecular flexibility index (Phi) is 6.58. The third-order valence-corrected chi connectivity index (χ3v) is 6.61. The maximum atomic E-state index is 13.3. The van der Waals surface area contributed by atoms with E-state index in [4.69, 9.17) is 16.3 Å². The number of nitrogens with zero attached hydrogens (tertiary/aromatic N) is 2. The number of imide groups is 1. The van der Waals surface area contributed by atoms with Crippen molar-refractivity contribution in [3.05, 3.63) is 66.9 Å². The summed E-state index contributed by atoms with van der Waals surface area (Å²) >= 11 is 7.63. The highest BCUT2D eigenvalue weighted by Crippen LogP contribution is 2.45. The highest BCUT2D eigenvalue weighted by Gasteiger charge is 2.41. The number of carbonyl (C=O) groups excluding carboxylic acids is 2. The molecule has 9 heteroatoms. The molecule has 2 amide bonds. The van der Waals surface area contributed by atoms with Crippen LogP contribution in [-0.4, -0.2) is 30.6 Å². The van der Waals surface area contributed by atoms with E-state index in [0.717, 1.165) is 9.78 Å². The van der Waals surface area contributed by atoms with Crippen LogP contribution in [0.5, 0.6) is 0 Å². The second kappa shape index (κ2) is 8.97. The quantitative estimate of drug-likeness (QED) is 0.336. The van der Waals surface area contributed by atoms with Crippen molar-refractivity contribution in [3.63, 3.8) is 0 Å². The van der Waals surface area contributed by atoms with Crippen molar-refractivity contribution in [2.45, 2.75) is 26.2 Å². The van der Waals surface area contributed by atoms with Gasteiger partial charge < -0.3 is 4.74 Å². The van der Waals surface area contributed by atoms with Gasteiger partial charge in [0.15, 0.2) is 0 Å². The van der Waals surface area contributed by atoms with Gasteiger partial charge in [0, 0.05) is 26.0 Å². The Bertz CT molecular complexity index is 1020. The number of amides is 2. The molecule has 0 saturated heterocycles. The van der Waals surface area contributed by atoms with Crippen LogP contribution in [0.25, 0.3) is 5.57 Å². The fourth-order valence-corrected chi connectivity index (χ4v) is 5.11. The first-order chi connectivity index (χ1) is 14.3. The lowest BCUT2D eigenvalue weighted by atomic mass is 9.80. The van der Waals surface area contributed by atoms with Gasteiger partial charge in [-0.25, -0.2) is 9.69 Å². The third-order valence-electron chi connectivity index (χ3n) is 5.37. The third kappa shape index (κ3) is 3.97. The zero-order valence-corrected chi connectivity index (χ0v) is 18.3. The number of fused-ring (bicyclic) bond motifs is 1. The van der Waals surface area contributed by atoms with Crippen molar-refractivity contribution in [2.24, 2.45) is 5.92 Å². The number of benzene rings is 1. The molecule has 1 aromatic heterocycles. The molecule has 0 aliphatic carbocycles. The number of hydrogen-bond donors (Lipinski definition) is 0. The zero-order valence-electron chi connectivity index (χ0n) is 16.8. The molecule has 3 rings (SSSR count). The first-order valence-electron chi connectivity index (χ1n) is 9.38. The number of ether oxygens (including phenoxy) is 1. The van der Waals surface area contributed by atoms with E-state index in [0.29, 0.717) is 33.8 Å². The molecule has 2 heterocycles. The topological polar surface area (TPSA) is 89.8 Å². The minimum atomic E-state index is -0.792.